The van der Waals surface area contributed by atoms with Crippen molar-refractivity contribution in [3.63, 3.8) is 0 Å². The molecule has 2 nitrogen and oxygen atoms in total. The first-order valence-electron chi connectivity index (χ1n) is 6.87. The van der Waals surface area contributed by atoms with Gasteiger partial charge in [-0.05, 0) is 41.9 Å². The zero-order chi connectivity index (χ0) is 14.0. The van der Waals surface area contributed by atoms with E-state index in [1.54, 1.807) is 0 Å². The highest BCUT2D eigenvalue weighted by Crippen LogP contribution is 2.46. The third-order valence-corrected chi connectivity index (χ3v) is 5.21. The maximum atomic E-state index is 6.12. The molecule has 1 aliphatic carbocycles. The molecule has 0 spiro atoms. The van der Waals surface area contributed by atoms with E-state index in [4.69, 9.17) is 29.0 Å². The first kappa shape index (κ1) is 15.1. The topological polar surface area (TPSA) is 38.0 Å². The van der Waals surface area contributed by atoms with E-state index in [9.17, 15) is 0 Å². The van der Waals surface area contributed by atoms with Crippen LogP contribution in [0.1, 0.15) is 51.1 Å². The first-order chi connectivity index (χ1) is 8.95. The molecule has 1 saturated carbocycles. The molecule has 3 N–H and O–H groups in total. The third-order valence-electron chi connectivity index (χ3n) is 4.47. The number of hydrazine groups is 1. The molecular formula is C15H22Cl2N2. The van der Waals surface area contributed by atoms with Gasteiger partial charge in [-0.3, -0.25) is 11.3 Å². The summed E-state index contributed by atoms with van der Waals surface area (Å²) in [7, 11) is 0. The summed E-state index contributed by atoms with van der Waals surface area (Å²) in [5.41, 5.74) is 4.40. The Morgan fingerprint density at radius 2 is 2.00 bits per heavy atom. The Labute approximate surface area is 125 Å². The molecule has 2 rings (SSSR count). The van der Waals surface area contributed by atoms with Crippen molar-refractivity contribution in [1.82, 2.24) is 5.43 Å². The molecule has 1 aromatic carbocycles. The maximum absolute atomic E-state index is 6.12. The largest absolute Gasteiger partial charge is 0.271 e. The minimum Gasteiger partial charge on any atom is -0.271 e. The van der Waals surface area contributed by atoms with Crippen LogP contribution in [-0.4, -0.2) is 0 Å². The summed E-state index contributed by atoms with van der Waals surface area (Å²) in [5.74, 6) is 6.34. The normalized spacial score (nSPS) is 24.2. The molecule has 0 radical (unpaired) electrons. The lowest BCUT2D eigenvalue weighted by Crippen LogP contribution is -2.41. The van der Waals surface area contributed by atoms with Gasteiger partial charge in [0.1, 0.15) is 0 Å². The van der Waals surface area contributed by atoms with E-state index in [1.807, 2.05) is 18.2 Å². The Kier molecular flexibility index (Phi) is 4.78. The summed E-state index contributed by atoms with van der Waals surface area (Å²) in [6.45, 7) is 4.66. The van der Waals surface area contributed by atoms with Crippen molar-refractivity contribution in [3.8, 4) is 0 Å². The average Bonchev–Trinajstić information content (AvgIpc) is 2.36. The molecule has 0 amide bonds. The van der Waals surface area contributed by atoms with Gasteiger partial charge in [0.05, 0.1) is 10.0 Å². The van der Waals surface area contributed by atoms with Crippen molar-refractivity contribution < 1.29 is 0 Å². The van der Waals surface area contributed by atoms with E-state index < -0.39 is 0 Å². The molecule has 0 bridgehead atoms. The second-order valence-corrected chi connectivity index (χ2v) is 6.97. The van der Waals surface area contributed by atoms with Gasteiger partial charge in [0.15, 0.2) is 0 Å². The lowest BCUT2D eigenvalue weighted by molar-refractivity contribution is 0.0982. The zero-order valence-electron chi connectivity index (χ0n) is 11.5. The van der Waals surface area contributed by atoms with Crippen molar-refractivity contribution in [2.45, 2.75) is 45.6 Å². The van der Waals surface area contributed by atoms with Crippen molar-refractivity contribution in [3.05, 3.63) is 33.8 Å². The third kappa shape index (κ3) is 3.25. The van der Waals surface area contributed by atoms with E-state index in [1.165, 1.54) is 25.7 Å². The van der Waals surface area contributed by atoms with Crippen LogP contribution in [0.2, 0.25) is 10.0 Å². The van der Waals surface area contributed by atoms with Gasteiger partial charge in [0, 0.05) is 6.04 Å². The fraction of sp³-hybridized carbons (Fsp3) is 0.600. The first-order valence-corrected chi connectivity index (χ1v) is 7.62. The summed E-state index contributed by atoms with van der Waals surface area (Å²) in [5, 5.41) is 1.18. The molecule has 1 fully saturated rings. The highest BCUT2D eigenvalue weighted by Gasteiger charge is 2.37. The summed E-state index contributed by atoms with van der Waals surface area (Å²) < 4.78 is 0. The Morgan fingerprint density at radius 3 is 2.58 bits per heavy atom. The van der Waals surface area contributed by atoms with Gasteiger partial charge in [-0.1, -0.05) is 56.0 Å². The second kappa shape index (κ2) is 6.01. The number of benzene rings is 1. The molecule has 0 aromatic heterocycles. The van der Waals surface area contributed by atoms with Crippen LogP contribution in [0.25, 0.3) is 0 Å². The molecule has 19 heavy (non-hydrogen) atoms. The predicted molar refractivity (Wildman–Crippen MR) is 82.3 cm³/mol. The Balaban J connectivity index is 2.30. The van der Waals surface area contributed by atoms with Gasteiger partial charge < -0.3 is 0 Å². The zero-order valence-corrected chi connectivity index (χ0v) is 13.1. The van der Waals surface area contributed by atoms with E-state index in [2.05, 4.69) is 19.3 Å². The van der Waals surface area contributed by atoms with Crippen molar-refractivity contribution in [2.75, 3.05) is 0 Å². The van der Waals surface area contributed by atoms with Gasteiger partial charge in [-0.15, -0.1) is 0 Å². The minimum absolute atomic E-state index is 0.130. The molecule has 0 saturated heterocycles. The summed E-state index contributed by atoms with van der Waals surface area (Å²) in [6.07, 6.45) is 5.02. The summed E-state index contributed by atoms with van der Waals surface area (Å²) in [6, 6.07) is 5.92. The Bertz CT molecular complexity index is 446. The monoisotopic (exact) mass is 300 g/mol. The van der Waals surface area contributed by atoms with Crippen LogP contribution < -0.4 is 11.3 Å². The van der Waals surface area contributed by atoms with E-state index in [-0.39, 0.29) is 6.04 Å². The van der Waals surface area contributed by atoms with Crippen LogP contribution in [0.5, 0.6) is 0 Å². The van der Waals surface area contributed by atoms with E-state index in [0.717, 1.165) is 5.56 Å². The van der Waals surface area contributed by atoms with Crippen LogP contribution in [0.3, 0.4) is 0 Å². The quantitative estimate of drug-likeness (QED) is 0.626. The van der Waals surface area contributed by atoms with Gasteiger partial charge in [0.2, 0.25) is 0 Å². The Morgan fingerprint density at radius 1 is 1.26 bits per heavy atom. The average molecular weight is 301 g/mol. The number of halogens is 2. The number of hydrogen-bond acceptors (Lipinski definition) is 2. The molecule has 1 aliphatic rings. The lowest BCUT2D eigenvalue weighted by atomic mass is 9.65. The van der Waals surface area contributed by atoms with Gasteiger partial charge in [-0.25, -0.2) is 0 Å². The molecule has 2 unspecified atom stereocenters. The van der Waals surface area contributed by atoms with E-state index in [0.29, 0.717) is 21.4 Å². The lowest BCUT2D eigenvalue weighted by Gasteiger charge is -2.43. The maximum Gasteiger partial charge on any atom is 0.0595 e. The van der Waals surface area contributed by atoms with Crippen molar-refractivity contribution >= 4 is 23.2 Å². The molecular weight excluding hydrogens is 279 g/mol. The highest BCUT2D eigenvalue weighted by atomic mass is 35.5. The van der Waals surface area contributed by atoms with Crippen molar-refractivity contribution in [2.24, 2.45) is 17.2 Å². The van der Waals surface area contributed by atoms with Gasteiger partial charge >= 0.3 is 0 Å². The standard InChI is InChI=1S/C15H22Cl2N2/c1-15(2)8-4-3-5-11(15)14(19-18)10-6-7-12(16)13(17)9-10/h6-7,9,11,14,19H,3-5,8,18H2,1-2H3. The van der Waals surface area contributed by atoms with E-state index >= 15 is 0 Å². The fourth-order valence-electron chi connectivity index (χ4n) is 3.29. The molecule has 4 heteroatoms. The second-order valence-electron chi connectivity index (χ2n) is 6.16. The van der Waals surface area contributed by atoms with Crippen molar-refractivity contribution in [1.29, 1.82) is 0 Å². The number of nitrogens with one attached hydrogen (secondary N) is 1. The summed E-state index contributed by atoms with van der Waals surface area (Å²) >= 11 is 12.1. The highest BCUT2D eigenvalue weighted by molar-refractivity contribution is 6.42. The van der Waals surface area contributed by atoms with Gasteiger partial charge in [-0.2, -0.15) is 0 Å². The molecule has 0 heterocycles. The Hall–Kier alpha value is -0.280. The SMILES string of the molecule is CC1(C)CCCCC1C(NN)c1ccc(Cl)c(Cl)c1. The van der Waals surface area contributed by atoms with Crippen LogP contribution >= 0.6 is 23.2 Å². The fourth-order valence-corrected chi connectivity index (χ4v) is 3.60. The van der Waals surface area contributed by atoms with Crippen LogP contribution in [0, 0.1) is 11.3 Å². The van der Waals surface area contributed by atoms with Gasteiger partial charge in [0.25, 0.3) is 0 Å². The summed E-state index contributed by atoms with van der Waals surface area (Å²) in [4.78, 5) is 0. The number of nitrogens with two attached hydrogens (primary N) is 1. The molecule has 0 aliphatic heterocycles. The predicted octanol–water partition coefficient (Wildman–Crippen LogP) is 4.71. The van der Waals surface area contributed by atoms with Crippen LogP contribution in [0.15, 0.2) is 18.2 Å². The minimum atomic E-state index is 0.130. The smallest absolute Gasteiger partial charge is 0.0595 e. The molecule has 106 valence electrons. The number of rotatable bonds is 3. The number of hydrogen-bond donors (Lipinski definition) is 2. The van der Waals surface area contributed by atoms with Crippen LogP contribution in [-0.2, 0) is 0 Å². The molecule has 1 aromatic rings. The molecule has 2 atom stereocenters. The van der Waals surface area contributed by atoms with Crippen LogP contribution in [0.4, 0.5) is 0 Å².